The van der Waals surface area contributed by atoms with Crippen LogP contribution in [0.1, 0.15) is 26.3 Å². The Morgan fingerprint density at radius 1 is 0.909 bits per heavy atom. The Labute approximate surface area is 189 Å². The number of nitrogens with one attached hydrogen (secondary N) is 1. The maximum atomic E-state index is 12.5. The van der Waals surface area contributed by atoms with Crippen LogP contribution in [0.2, 0.25) is 0 Å². The Morgan fingerprint density at radius 3 is 2.03 bits per heavy atom. The molecule has 12 heteroatoms. The van der Waals surface area contributed by atoms with E-state index >= 15 is 0 Å². The maximum Gasteiger partial charge on any atom is 0.408 e. The Kier molecular flexibility index (Phi) is 9.16. The lowest BCUT2D eigenvalue weighted by Crippen LogP contribution is -2.54. The lowest BCUT2D eigenvalue weighted by atomic mass is 10.0. The minimum Gasteiger partial charge on any atom is -0.467 e. The van der Waals surface area contributed by atoms with Crippen molar-refractivity contribution in [2.45, 2.75) is 58.0 Å². The molecule has 1 aromatic carbocycles. The van der Waals surface area contributed by atoms with Gasteiger partial charge in [-0.25, -0.2) is 9.59 Å². The lowest BCUT2D eigenvalue weighted by Gasteiger charge is -2.26. The molecule has 1 saturated heterocycles. The summed E-state index contributed by atoms with van der Waals surface area (Å²) in [6.45, 7) is 3.15. The van der Waals surface area contributed by atoms with E-state index in [9.17, 15) is 24.0 Å². The Balaban J connectivity index is 2.27. The van der Waals surface area contributed by atoms with E-state index in [0.29, 0.717) is 5.56 Å². The quantitative estimate of drug-likeness (QED) is 0.422. The number of hydrogen-bond acceptors (Lipinski definition) is 11. The molecule has 180 valence electrons. The first-order valence-corrected chi connectivity index (χ1v) is 9.84. The van der Waals surface area contributed by atoms with Gasteiger partial charge in [-0.15, -0.1) is 0 Å². The lowest BCUT2D eigenvalue weighted by molar-refractivity contribution is -0.196. The molecule has 0 saturated carbocycles. The number of rotatable bonds is 8. The fraction of sp³-hybridized carbons (Fsp3) is 0.476. The van der Waals surface area contributed by atoms with Gasteiger partial charge in [0.15, 0.2) is 12.1 Å². The van der Waals surface area contributed by atoms with E-state index in [-0.39, 0.29) is 6.61 Å². The van der Waals surface area contributed by atoms with Gasteiger partial charge in [0.2, 0.25) is 12.4 Å². The molecule has 0 spiro atoms. The third kappa shape index (κ3) is 7.45. The van der Waals surface area contributed by atoms with Crippen molar-refractivity contribution in [2.24, 2.45) is 0 Å². The van der Waals surface area contributed by atoms with Gasteiger partial charge in [-0.3, -0.25) is 14.4 Å². The van der Waals surface area contributed by atoms with Crippen molar-refractivity contribution in [2.75, 3.05) is 7.11 Å². The van der Waals surface area contributed by atoms with Crippen molar-refractivity contribution in [3.8, 4) is 0 Å². The van der Waals surface area contributed by atoms with Crippen LogP contribution >= 0.6 is 0 Å². The van der Waals surface area contributed by atoms with E-state index in [1.807, 2.05) is 0 Å². The summed E-state index contributed by atoms with van der Waals surface area (Å²) < 4.78 is 30.8. The zero-order chi connectivity index (χ0) is 24.5. The van der Waals surface area contributed by atoms with E-state index in [4.69, 9.17) is 28.4 Å². The molecule has 1 fully saturated rings. The second-order valence-corrected chi connectivity index (χ2v) is 6.93. The Morgan fingerprint density at radius 2 is 1.48 bits per heavy atom. The summed E-state index contributed by atoms with van der Waals surface area (Å²) in [6, 6.07) is 7.21. The van der Waals surface area contributed by atoms with Crippen LogP contribution in [0.15, 0.2) is 30.3 Å². The summed E-state index contributed by atoms with van der Waals surface area (Å²) in [5, 5.41) is 2.30. The van der Waals surface area contributed by atoms with Crippen LogP contribution in [0.25, 0.3) is 0 Å². The summed E-state index contributed by atoms with van der Waals surface area (Å²) in [6.07, 6.45) is -6.79. The number of ether oxygens (including phenoxy) is 6. The molecule has 1 N–H and O–H groups in total. The first-order valence-electron chi connectivity index (χ1n) is 9.84. The van der Waals surface area contributed by atoms with Gasteiger partial charge in [0.25, 0.3) is 0 Å². The SMILES string of the molecule is COC(=O)[C@@H](NC(=O)OCc1ccccc1)[C@H]1O[C@@H](OC(C)=O)[C@H](OC(C)=O)[C@@H]1OC(C)=O. The molecule has 0 bridgehead atoms. The van der Waals surface area contributed by atoms with Gasteiger partial charge >= 0.3 is 30.0 Å². The average molecular weight is 467 g/mol. The highest BCUT2D eigenvalue weighted by Gasteiger charge is 2.56. The minimum atomic E-state index is -1.57. The van der Waals surface area contributed by atoms with Crippen molar-refractivity contribution in [3.63, 3.8) is 0 Å². The van der Waals surface area contributed by atoms with Crippen LogP contribution in [0.4, 0.5) is 4.79 Å². The van der Waals surface area contributed by atoms with Crippen molar-refractivity contribution in [3.05, 3.63) is 35.9 Å². The van der Waals surface area contributed by atoms with Crippen LogP contribution < -0.4 is 5.32 Å². The van der Waals surface area contributed by atoms with Crippen molar-refractivity contribution in [1.82, 2.24) is 5.32 Å². The van der Waals surface area contributed by atoms with Gasteiger partial charge in [-0.2, -0.15) is 0 Å². The van der Waals surface area contributed by atoms with Crippen molar-refractivity contribution in [1.29, 1.82) is 0 Å². The Bertz CT molecular complexity index is 872. The predicted molar refractivity (Wildman–Crippen MR) is 107 cm³/mol. The summed E-state index contributed by atoms with van der Waals surface area (Å²) >= 11 is 0. The highest BCUT2D eigenvalue weighted by atomic mass is 16.7. The molecule has 0 aromatic heterocycles. The topological polar surface area (TPSA) is 153 Å². The van der Waals surface area contributed by atoms with E-state index in [0.717, 1.165) is 27.9 Å². The average Bonchev–Trinajstić information content (AvgIpc) is 3.05. The zero-order valence-electron chi connectivity index (χ0n) is 18.5. The number of carbonyl (C=O) groups excluding carboxylic acids is 5. The molecular weight excluding hydrogens is 442 g/mol. The summed E-state index contributed by atoms with van der Waals surface area (Å²) in [7, 11) is 1.06. The first kappa shape index (κ1) is 25.6. The number of hydrogen-bond donors (Lipinski definition) is 1. The molecule has 1 aromatic rings. The summed E-state index contributed by atoms with van der Waals surface area (Å²) in [5.74, 6) is -3.35. The van der Waals surface area contributed by atoms with Gasteiger partial charge in [0.1, 0.15) is 12.7 Å². The van der Waals surface area contributed by atoms with Gasteiger partial charge in [0, 0.05) is 20.8 Å². The van der Waals surface area contributed by atoms with Gasteiger partial charge in [-0.1, -0.05) is 30.3 Å². The number of esters is 4. The summed E-state index contributed by atoms with van der Waals surface area (Å²) in [4.78, 5) is 59.6. The third-order valence-corrected chi connectivity index (χ3v) is 4.36. The largest absolute Gasteiger partial charge is 0.467 e. The molecule has 1 heterocycles. The van der Waals surface area contributed by atoms with E-state index in [1.165, 1.54) is 0 Å². The number of amides is 1. The molecule has 2 rings (SSSR count). The van der Waals surface area contributed by atoms with Gasteiger partial charge in [0.05, 0.1) is 7.11 Å². The number of carbonyl (C=O) groups is 5. The predicted octanol–water partition coefficient (Wildman–Crippen LogP) is 0.606. The third-order valence-electron chi connectivity index (χ3n) is 4.36. The van der Waals surface area contributed by atoms with Crippen LogP contribution in [0, 0.1) is 0 Å². The fourth-order valence-electron chi connectivity index (χ4n) is 3.11. The standard InChI is InChI=1S/C21H25NO11/c1-11(23)30-17-16(33-20(32-13(3)25)18(17)31-12(2)24)15(19(26)28-4)22-21(27)29-10-14-8-6-5-7-9-14/h5-9,15-18,20H,10H2,1-4H3,(H,22,27)/t15-,16+,17+,18+,20+/m0/s1. The first-order chi connectivity index (χ1) is 15.6. The molecule has 1 aliphatic heterocycles. The second kappa shape index (κ2) is 11.8. The van der Waals surface area contributed by atoms with Gasteiger partial charge in [-0.05, 0) is 5.56 Å². The molecule has 0 radical (unpaired) electrons. The number of methoxy groups -OCH3 is 1. The molecule has 1 aliphatic rings. The zero-order valence-corrected chi connectivity index (χ0v) is 18.5. The summed E-state index contributed by atoms with van der Waals surface area (Å²) in [5.41, 5.74) is 0.696. The maximum absolute atomic E-state index is 12.5. The highest BCUT2D eigenvalue weighted by molar-refractivity contribution is 5.82. The van der Waals surface area contributed by atoms with Crippen LogP contribution in [0.5, 0.6) is 0 Å². The molecule has 5 atom stereocenters. The molecule has 12 nitrogen and oxygen atoms in total. The minimum absolute atomic E-state index is 0.0917. The molecule has 1 amide bonds. The van der Waals surface area contributed by atoms with E-state index < -0.39 is 60.6 Å². The molecule has 33 heavy (non-hydrogen) atoms. The second-order valence-electron chi connectivity index (χ2n) is 6.93. The molecule has 0 unspecified atom stereocenters. The fourth-order valence-corrected chi connectivity index (χ4v) is 3.11. The Hall–Kier alpha value is -3.67. The van der Waals surface area contributed by atoms with E-state index in [1.54, 1.807) is 30.3 Å². The van der Waals surface area contributed by atoms with Crippen LogP contribution in [-0.4, -0.2) is 67.7 Å². The van der Waals surface area contributed by atoms with Crippen molar-refractivity contribution < 1.29 is 52.4 Å². The van der Waals surface area contributed by atoms with Crippen LogP contribution in [0.3, 0.4) is 0 Å². The monoisotopic (exact) mass is 467 g/mol. The smallest absolute Gasteiger partial charge is 0.408 e. The molecule has 0 aliphatic carbocycles. The van der Waals surface area contributed by atoms with Gasteiger partial charge < -0.3 is 33.7 Å². The number of alkyl carbamates (subject to hydrolysis) is 1. The van der Waals surface area contributed by atoms with Crippen LogP contribution in [-0.2, 0) is 54.2 Å². The van der Waals surface area contributed by atoms with E-state index in [2.05, 4.69) is 5.32 Å². The molecular formula is C21H25NO11. The number of benzene rings is 1. The van der Waals surface area contributed by atoms with Crippen molar-refractivity contribution >= 4 is 30.0 Å². The normalized spacial score (nSPS) is 22.4. The highest BCUT2D eigenvalue weighted by Crippen LogP contribution is 2.30.